The van der Waals surface area contributed by atoms with E-state index in [-0.39, 0.29) is 18.4 Å². The average molecular weight is 230 g/mol. The second-order valence-electron chi connectivity index (χ2n) is 4.22. The van der Waals surface area contributed by atoms with Crippen molar-refractivity contribution in [2.45, 2.75) is 25.9 Å². The summed E-state index contributed by atoms with van der Waals surface area (Å²) in [5, 5.41) is 9.41. The zero-order valence-corrected chi connectivity index (χ0v) is 9.89. The van der Waals surface area contributed by atoms with Crippen molar-refractivity contribution in [3.05, 3.63) is 0 Å². The van der Waals surface area contributed by atoms with Crippen molar-refractivity contribution < 1.29 is 14.6 Å². The number of ether oxygens (including phenoxy) is 1. The monoisotopic (exact) mass is 230 g/mol. The van der Waals surface area contributed by atoms with Crippen LogP contribution in [0.3, 0.4) is 0 Å². The Morgan fingerprint density at radius 2 is 2.19 bits per heavy atom. The number of hydrogen-bond acceptors (Lipinski definition) is 5. The largest absolute Gasteiger partial charge is 0.466 e. The van der Waals surface area contributed by atoms with Crippen LogP contribution in [0.4, 0.5) is 0 Å². The highest BCUT2D eigenvalue weighted by molar-refractivity contribution is 5.72. The Morgan fingerprint density at radius 1 is 1.56 bits per heavy atom. The van der Waals surface area contributed by atoms with E-state index in [0.29, 0.717) is 13.2 Å². The minimum absolute atomic E-state index is 0.0335. The Bertz CT molecular complexity index is 215. The van der Waals surface area contributed by atoms with E-state index in [0.717, 1.165) is 25.9 Å². The summed E-state index contributed by atoms with van der Waals surface area (Å²) in [6.45, 7) is 4.83. The fraction of sp³-hybridized carbons (Fsp3) is 0.909. The van der Waals surface area contributed by atoms with Gasteiger partial charge >= 0.3 is 5.97 Å². The lowest BCUT2D eigenvalue weighted by Gasteiger charge is -2.31. The van der Waals surface area contributed by atoms with Crippen molar-refractivity contribution >= 4 is 5.97 Å². The summed E-state index contributed by atoms with van der Waals surface area (Å²) in [7, 11) is 0. The Hall–Kier alpha value is -0.650. The Kier molecular flexibility index (Phi) is 5.73. The van der Waals surface area contributed by atoms with Crippen LogP contribution in [0.1, 0.15) is 19.8 Å². The van der Waals surface area contributed by atoms with E-state index in [9.17, 15) is 9.90 Å². The van der Waals surface area contributed by atoms with Crippen molar-refractivity contribution in [2.75, 3.05) is 32.8 Å². The molecule has 0 aliphatic carbocycles. The summed E-state index contributed by atoms with van der Waals surface area (Å²) in [6.07, 6.45) is 1.17. The van der Waals surface area contributed by atoms with Crippen LogP contribution in [-0.4, -0.2) is 54.9 Å². The van der Waals surface area contributed by atoms with Crippen molar-refractivity contribution in [2.24, 2.45) is 11.7 Å². The van der Waals surface area contributed by atoms with Crippen molar-refractivity contribution in [3.63, 3.8) is 0 Å². The molecule has 1 fully saturated rings. The molecule has 0 bridgehead atoms. The molecule has 0 amide bonds. The van der Waals surface area contributed by atoms with Gasteiger partial charge in [-0.05, 0) is 32.9 Å². The average Bonchev–Trinajstić information content (AvgIpc) is 2.30. The third kappa shape index (κ3) is 4.08. The van der Waals surface area contributed by atoms with Gasteiger partial charge in [0.05, 0.1) is 18.6 Å². The molecule has 0 aromatic carbocycles. The van der Waals surface area contributed by atoms with Crippen LogP contribution < -0.4 is 5.73 Å². The number of β-amino-alcohol motifs (C(OH)–C–C–N with tert-alkyl or cyclic N) is 1. The molecular weight excluding hydrogens is 208 g/mol. The van der Waals surface area contributed by atoms with Crippen molar-refractivity contribution in [3.8, 4) is 0 Å². The summed E-state index contributed by atoms with van der Waals surface area (Å²) >= 11 is 0. The maximum atomic E-state index is 11.5. The van der Waals surface area contributed by atoms with Gasteiger partial charge < -0.3 is 20.5 Å². The number of aliphatic hydroxyl groups excluding tert-OH is 1. The molecule has 0 spiro atoms. The Morgan fingerprint density at radius 3 is 2.69 bits per heavy atom. The number of aliphatic hydroxyl groups is 1. The van der Waals surface area contributed by atoms with E-state index in [1.165, 1.54) is 0 Å². The van der Waals surface area contributed by atoms with Gasteiger partial charge in [0.25, 0.3) is 0 Å². The van der Waals surface area contributed by atoms with E-state index in [1.54, 1.807) is 0 Å². The third-order valence-electron chi connectivity index (χ3n) is 2.95. The molecule has 1 saturated heterocycles. The molecule has 0 aromatic rings. The molecule has 1 heterocycles. The second-order valence-corrected chi connectivity index (χ2v) is 4.22. The lowest BCUT2D eigenvalue weighted by Crippen LogP contribution is -2.42. The number of esters is 1. The number of piperidine rings is 1. The van der Waals surface area contributed by atoms with Crippen molar-refractivity contribution in [1.29, 1.82) is 0 Å². The van der Waals surface area contributed by atoms with E-state index >= 15 is 0 Å². The quantitative estimate of drug-likeness (QED) is 0.627. The lowest BCUT2D eigenvalue weighted by molar-refractivity contribution is -0.149. The van der Waals surface area contributed by atoms with Gasteiger partial charge in [-0.1, -0.05) is 0 Å². The number of nitrogens with zero attached hydrogens (tertiary/aromatic N) is 1. The maximum Gasteiger partial charge on any atom is 0.309 e. The molecule has 16 heavy (non-hydrogen) atoms. The first kappa shape index (κ1) is 13.4. The summed E-state index contributed by atoms with van der Waals surface area (Å²) in [5.74, 6) is -0.0484. The highest BCUT2D eigenvalue weighted by Gasteiger charge is 2.26. The van der Waals surface area contributed by atoms with Crippen LogP contribution >= 0.6 is 0 Å². The number of rotatable bonds is 5. The van der Waals surface area contributed by atoms with Gasteiger partial charge in [-0.25, -0.2) is 0 Å². The second kappa shape index (κ2) is 6.83. The predicted molar refractivity (Wildman–Crippen MR) is 60.9 cm³/mol. The molecule has 5 nitrogen and oxygen atoms in total. The fourth-order valence-electron chi connectivity index (χ4n) is 1.98. The van der Waals surface area contributed by atoms with Crippen LogP contribution in [0, 0.1) is 5.92 Å². The minimum Gasteiger partial charge on any atom is -0.466 e. The molecule has 94 valence electrons. The van der Waals surface area contributed by atoms with Crippen LogP contribution in [0.5, 0.6) is 0 Å². The molecule has 1 aliphatic rings. The standard InChI is InChI=1S/C11H22N2O3/c1-2-16-11(15)9-3-5-13(6-4-9)8-10(14)7-12/h9-10,14H,2-8,12H2,1H3. The van der Waals surface area contributed by atoms with E-state index in [4.69, 9.17) is 10.5 Å². The summed E-state index contributed by atoms with van der Waals surface area (Å²) in [6, 6.07) is 0. The van der Waals surface area contributed by atoms with Crippen LogP contribution in [0.25, 0.3) is 0 Å². The first-order valence-corrected chi connectivity index (χ1v) is 5.94. The Balaban J connectivity index is 2.25. The maximum absolute atomic E-state index is 11.5. The zero-order valence-electron chi connectivity index (χ0n) is 9.89. The van der Waals surface area contributed by atoms with E-state index in [1.807, 2.05) is 6.92 Å². The lowest BCUT2D eigenvalue weighted by atomic mass is 9.97. The van der Waals surface area contributed by atoms with Crippen LogP contribution in [0.2, 0.25) is 0 Å². The topological polar surface area (TPSA) is 75.8 Å². The summed E-state index contributed by atoms with van der Waals surface area (Å²) in [4.78, 5) is 13.6. The highest BCUT2D eigenvalue weighted by atomic mass is 16.5. The van der Waals surface area contributed by atoms with E-state index in [2.05, 4.69) is 4.90 Å². The van der Waals surface area contributed by atoms with Gasteiger partial charge in [-0.2, -0.15) is 0 Å². The number of nitrogens with two attached hydrogens (primary N) is 1. The molecule has 1 atom stereocenters. The first-order valence-electron chi connectivity index (χ1n) is 5.94. The summed E-state index contributed by atoms with van der Waals surface area (Å²) < 4.78 is 4.99. The minimum atomic E-state index is -0.459. The predicted octanol–water partition coefficient (Wildman–Crippen LogP) is -0.419. The molecular formula is C11H22N2O3. The molecule has 1 rings (SSSR count). The Labute approximate surface area is 96.6 Å². The number of carbonyl (C=O) groups is 1. The van der Waals surface area contributed by atoms with Gasteiger partial charge in [0.15, 0.2) is 0 Å². The normalized spacial score (nSPS) is 20.7. The molecule has 0 radical (unpaired) electrons. The molecule has 3 N–H and O–H groups in total. The number of hydrogen-bond donors (Lipinski definition) is 2. The third-order valence-corrected chi connectivity index (χ3v) is 2.95. The van der Waals surface area contributed by atoms with Gasteiger partial charge in [0, 0.05) is 13.1 Å². The highest BCUT2D eigenvalue weighted by Crippen LogP contribution is 2.18. The van der Waals surface area contributed by atoms with Gasteiger partial charge in [0.1, 0.15) is 0 Å². The SMILES string of the molecule is CCOC(=O)C1CCN(CC(O)CN)CC1. The van der Waals surface area contributed by atoms with E-state index < -0.39 is 6.10 Å². The van der Waals surface area contributed by atoms with Gasteiger partial charge in [-0.15, -0.1) is 0 Å². The first-order chi connectivity index (χ1) is 7.67. The van der Waals surface area contributed by atoms with Gasteiger partial charge in [-0.3, -0.25) is 4.79 Å². The van der Waals surface area contributed by atoms with Gasteiger partial charge in [0.2, 0.25) is 0 Å². The number of carbonyl (C=O) groups excluding carboxylic acids is 1. The zero-order chi connectivity index (χ0) is 12.0. The van der Waals surface area contributed by atoms with Crippen molar-refractivity contribution in [1.82, 2.24) is 4.90 Å². The molecule has 5 heteroatoms. The molecule has 0 saturated carbocycles. The molecule has 0 aromatic heterocycles. The van der Waals surface area contributed by atoms with Crippen LogP contribution in [0.15, 0.2) is 0 Å². The molecule has 1 aliphatic heterocycles. The molecule has 1 unspecified atom stereocenters. The van der Waals surface area contributed by atoms with Crippen LogP contribution in [-0.2, 0) is 9.53 Å². The fourth-order valence-corrected chi connectivity index (χ4v) is 1.98. The number of likely N-dealkylation sites (tertiary alicyclic amines) is 1. The smallest absolute Gasteiger partial charge is 0.309 e. The summed E-state index contributed by atoms with van der Waals surface area (Å²) in [5.41, 5.74) is 5.35.